The Morgan fingerprint density at radius 3 is 2.86 bits per heavy atom. The Balaban J connectivity index is 2.06. The van der Waals surface area contributed by atoms with Crippen LogP contribution in [-0.2, 0) is 4.74 Å². The molecule has 1 aromatic carbocycles. The molecule has 1 aromatic rings. The molecule has 0 saturated carbocycles. The third-order valence-electron chi connectivity index (χ3n) is 3.48. The van der Waals surface area contributed by atoms with Crippen LogP contribution in [0, 0.1) is 0 Å². The van der Waals surface area contributed by atoms with Crippen LogP contribution in [0.1, 0.15) is 39.2 Å². The fourth-order valence-electron chi connectivity index (χ4n) is 2.30. The van der Waals surface area contributed by atoms with Crippen LogP contribution in [0.3, 0.4) is 0 Å². The van der Waals surface area contributed by atoms with Crippen LogP contribution in [0.4, 0.5) is 0 Å². The van der Waals surface area contributed by atoms with Gasteiger partial charge in [0.25, 0.3) is 0 Å². The van der Waals surface area contributed by atoms with Crippen molar-refractivity contribution >= 4 is 6.08 Å². The van der Waals surface area contributed by atoms with E-state index >= 15 is 0 Å². The van der Waals surface area contributed by atoms with Crippen molar-refractivity contribution in [3.8, 4) is 11.5 Å². The predicted octanol–water partition coefficient (Wildman–Crippen LogP) is 4.58. The summed E-state index contributed by atoms with van der Waals surface area (Å²) in [5.74, 6) is 1.69. The van der Waals surface area contributed by atoms with Crippen LogP contribution < -0.4 is 9.47 Å². The van der Waals surface area contributed by atoms with Crippen molar-refractivity contribution < 1.29 is 14.2 Å². The molecule has 3 heteroatoms. The van der Waals surface area contributed by atoms with Gasteiger partial charge in [-0.25, -0.2) is 0 Å². The molecule has 3 nitrogen and oxygen atoms in total. The summed E-state index contributed by atoms with van der Waals surface area (Å²) in [7, 11) is 1.61. The lowest BCUT2D eigenvalue weighted by Crippen LogP contribution is -2.31. The topological polar surface area (TPSA) is 27.7 Å². The molecule has 2 rings (SSSR count). The predicted molar refractivity (Wildman–Crippen MR) is 85.7 cm³/mol. The van der Waals surface area contributed by atoms with E-state index in [-0.39, 0.29) is 12.4 Å². The highest BCUT2D eigenvalue weighted by Gasteiger charge is 2.26. The molecule has 0 spiro atoms. The Hall–Kier alpha value is -1.74. The molecule has 0 aliphatic carbocycles. The monoisotopic (exact) mass is 288 g/mol. The minimum atomic E-state index is -0.242. The van der Waals surface area contributed by atoms with Gasteiger partial charge in [0, 0.05) is 12.7 Å². The lowest BCUT2D eigenvalue weighted by molar-refractivity contribution is 0.0509. The molecule has 0 amide bonds. The Kier molecular flexibility index (Phi) is 5.07. The van der Waals surface area contributed by atoms with E-state index in [0.717, 1.165) is 29.9 Å². The summed E-state index contributed by atoms with van der Waals surface area (Å²) in [5, 5.41) is 0. The summed E-state index contributed by atoms with van der Waals surface area (Å²) in [4.78, 5) is 0. The van der Waals surface area contributed by atoms with Gasteiger partial charge in [0.2, 0.25) is 0 Å². The molecule has 1 aliphatic heterocycles. The zero-order valence-electron chi connectivity index (χ0n) is 13.3. The van der Waals surface area contributed by atoms with Gasteiger partial charge in [-0.1, -0.05) is 17.7 Å². The van der Waals surface area contributed by atoms with Gasteiger partial charge < -0.3 is 14.2 Å². The van der Waals surface area contributed by atoms with E-state index in [2.05, 4.69) is 39.0 Å². The van der Waals surface area contributed by atoms with E-state index in [1.54, 1.807) is 7.11 Å². The van der Waals surface area contributed by atoms with Crippen LogP contribution in [0.5, 0.6) is 11.5 Å². The highest BCUT2D eigenvalue weighted by Crippen LogP contribution is 2.35. The first-order valence-electron chi connectivity index (χ1n) is 7.30. The van der Waals surface area contributed by atoms with Crippen molar-refractivity contribution in [1.82, 2.24) is 0 Å². The number of rotatable bonds is 6. The van der Waals surface area contributed by atoms with E-state index < -0.39 is 0 Å². The van der Waals surface area contributed by atoms with Crippen molar-refractivity contribution in [2.45, 2.75) is 39.2 Å². The van der Waals surface area contributed by atoms with Gasteiger partial charge in [-0.3, -0.25) is 0 Å². The molecule has 1 aliphatic rings. The van der Waals surface area contributed by atoms with E-state index in [9.17, 15) is 0 Å². The summed E-state index contributed by atoms with van der Waals surface area (Å²) >= 11 is 0. The number of methoxy groups -OCH3 is 1. The number of ether oxygens (including phenoxy) is 3. The van der Waals surface area contributed by atoms with E-state index in [0.29, 0.717) is 0 Å². The maximum absolute atomic E-state index is 6.16. The van der Waals surface area contributed by atoms with Gasteiger partial charge in [0.15, 0.2) is 6.79 Å². The molecule has 0 saturated heterocycles. The molecular weight excluding hydrogens is 264 g/mol. The summed E-state index contributed by atoms with van der Waals surface area (Å²) in [6.45, 7) is 6.62. The van der Waals surface area contributed by atoms with Gasteiger partial charge in [0.1, 0.15) is 17.1 Å². The minimum Gasteiger partial charge on any atom is -0.483 e. The number of benzene rings is 1. The Morgan fingerprint density at radius 1 is 1.33 bits per heavy atom. The zero-order valence-corrected chi connectivity index (χ0v) is 13.3. The Morgan fingerprint density at radius 2 is 2.14 bits per heavy atom. The molecule has 1 atom stereocenters. The third kappa shape index (κ3) is 4.36. The second-order valence-electron chi connectivity index (χ2n) is 5.82. The summed E-state index contributed by atoms with van der Waals surface area (Å²) in [6, 6.07) is 5.84. The Bertz CT molecular complexity index is 541. The van der Waals surface area contributed by atoms with Crippen LogP contribution >= 0.6 is 0 Å². The average molecular weight is 288 g/mol. The molecule has 0 radical (unpaired) electrons. The fourth-order valence-corrected chi connectivity index (χ4v) is 2.30. The highest BCUT2D eigenvalue weighted by molar-refractivity contribution is 5.62. The maximum Gasteiger partial charge on any atom is 0.188 e. The highest BCUT2D eigenvalue weighted by atomic mass is 16.7. The van der Waals surface area contributed by atoms with Crippen LogP contribution in [-0.4, -0.2) is 19.5 Å². The SMILES string of the molecule is COCOc1ccc2c(c1)C=CC(C)(CCC=C(C)C)O2. The summed E-state index contributed by atoms with van der Waals surface area (Å²) < 4.78 is 16.5. The Labute approximate surface area is 127 Å². The standard InChI is InChI=1S/C18H24O3/c1-14(2)6-5-10-18(3)11-9-15-12-16(20-13-19-4)7-8-17(15)21-18/h6-9,11-12H,5,10,13H2,1-4H3. The first-order chi connectivity index (χ1) is 10.0. The average Bonchev–Trinajstić information content (AvgIpc) is 2.44. The van der Waals surface area contributed by atoms with Crippen molar-refractivity contribution in [1.29, 1.82) is 0 Å². The molecule has 1 heterocycles. The normalized spacial score (nSPS) is 19.6. The van der Waals surface area contributed by atoms with Crippen LogP contribution in [0.25, 0.3) is 6.08 Å². The third-order valence-corrected chi connectivity index (χ3v) is 3.48. The van der Waals surface area contributed by atoms with E-state index in [4.69, 9.17) is 14.2 Å². The van der Waals surface area contributed by atoms with Gasteiger partial charge in [-0.05, 0) is 57.9 Å². The largest absolute Gasteiger partial charge is 0.483 e. The molecule has 114 valence electrons. The second-order valence-corrected chi connectivity index (χ2v) is 5.82. The lowest BCUT2D eigenvalue weighted by Gasteiger charge is -2.31. The smallest absolute Gasteiger partial charge is 0.188 e. The van der Waals surface area contributed by atoms with E-state index in [1.807, 2.05) is 18.2 Å². The number of fused-ring (bicyclic) bond motifs is 1. The quantitative estimate of drug-likeness (QED) is 0.566. The zero-order chi connectivity index (χ0) is 15.3. The summed E-state index contributed by atoms with van der Waals surface area (Å²) in [5.41, 5.74) is 2.15. The van der Waals surface area contributed by atoms with Crippen molar-refractivity contribution in [3.63, 3.8) is 0 Å². The minimum absolute atomic E-state index is 0.242. The first kappa shape index (κ1) is 15.6. The molecule has 0 bridgehead atoms. The number of hydrogen-bond donors (Lipinski definition) is 0. The van der Waals surface area contributed by atoms with Gasteiger partial charge in [-0.2, -0.15) is 0 Å². The van der Waals surface area contributed by atoms with E-state index in [1.165, 1.54) is 5.57 Å². The fraction of sp³-hybridized carbons (Fsp3) is 0.444. The van der Waals surface area contributed by atoms with Crippen molar-refractivity contribution in [2.75, 3.05) is 13.9 Å². The first-order valence-corrected chi connectivity index (χ1v) is 7.30. The molecule has 1 unspecified atom stereocenters. The molecule has 21 heavy (non-hydrogen) atoms. The van der Waals surface area contributed by atoms with Crippen LogP contribution in [0.2, 0.25) is 0 Å². The van der Waals surface area contributed by atoms with Crippen LogP contribution in [0.15, 0.2) is 35.9 Å². The molecule has 0 aromatic heterocycles. The van der Waals surface area contributed by atoms with Crippen molar-refractivity contribution in [3.05, 3.63) is 41.5 Å². The molecular formula is C18H24O3. The number of allylic oxidation sites excluding steroid dienone is 2. The van der Waals surface area contributed by atoms with Gasteiger partial charge >= 0.3 is 0 Å². The maximum atomic E-state index is 6.16. The van der Waals surface area contributed by atoms with Gasteiger partial charge in [0.05, 0.1) is 0 Å². The summed E-state index contributed by atoms with van der Waals surface area (Å²) in [6.07, 6.45) is 8.48. The second kappa shape index (κ2) is 6.81. The molecule has 0 fully saturated rings. The lowest BCUT2D eigenvalue weighted by atomic mass is 9.94. The van der Waals surface area contributed by atoms with Gasteiger partial charge in [-0.15, -0.1) is 0 Å². The number of hydrogen-bond acceptors (Lipinski definition) is 3. The molecule has 0 N–H and O–H groups in total. The van der Waals surface area contributed by atoms with Crippen molar-refractivity contribution in [2.24, 2.45) is 0 Å².